The molecule has 0 unspecified atom stereocenters. The SMILES string of the molecule is N=C(N)c1ccc(-c2cn3cc(C(=O)N4CCC(C(=O)O)CC4)ccc3n2)cc1. The Morgan fingerprint density at radius 3 is 2.31 bits per heavy atom. The number of nitrogens with two attached hydrogens (primary N) is 1. The van der Waals surface area contributed by atoms with Gasteiger partial charge in [-0.3, -0.25) is 15.0 Å². The zero-order valence-corrected chi connectivity index (χ0v) is 15.7. The van der Waals surface area contributed by atoms with Crippen molar-refractivity contribution < 1.29 is 14.7 Å². The van der Waals surface area contributed by atoms with Crippen LogP contribution in [0.25, 0.3) is 16.9 Å². The van der Waals surface area contributed by atoms with Gasteiger partial charge in [0.05, 0.1) is 17.2 Å². The molecule has 3 aromatic rings. The monoisotopic (exact) mass is 391 g/mol. The van der Waals surface area contributed by atoms with Crippen molar-refractivity contribution in [2.45, 2.75) is 12.8 Å². The number of hydrogen-bond donors (Lipinski definition) is 3. The van der Waals surface area contributed by atoms with Gasteiger partial charge in [0, 0.05) is 36.6 Å². The standard InChI is InChI=1S/C21H21N5O3/c22-19(23)14-3-1-13(2-4-14)17-12-26-11-16(5-6-18(26)24-17)20(27)25-9-7-15(8-10-25)21(28)29/h1-6,11-12,15H,7-10H2,(H3,22,23)(H,28,29). The van der Waals surface area contributed by atoms with Crippen LogP contribution in [0.2, 0.25) is 0 Å². The Labute approximate surface area is 167 Å². The van der Waals surface area contributed by atoms with Crippen LogP contribution in [0.15, 0.2) is 48.8 Å². The second-order valence-electron chi connectivity index (χ2n) is 7.21. The number of piperidine rings is 1. The van der Waals surface area contributed by atoms with Crippen molar-refractivity contribution in [3.63, 3.8) is 0 Å². The Kier molecular flexibility index (Phi) is 4.75. The highest BCUT2D eigenvalue weighted by Crippen LogP contribution is 2.22. The number of rotatable bonds is 4. The average molecular weight is 391 g/mol. The third kappa shape index (κ3) is 3.69. The van der Waals surface area contributed by atoms with Gasteiger partial charge in [0.2, 0.25) is 0 Å². The van der Waals surface area contributed by atoms with Crippen LogP contribution >= 0.6 is 0 Å². The van der Waals surface area contributed by atoms with Crippen molar-refractivity contribution in [3.05, 3.63) is 59.9 Å². The highest BCUT2D eigenvalue weighted by atomic mass is 16.4. The van der Waals surface area contributed by atoms with Crippen molar-refractivity contribution in [1.82, 2.24) is 14.3 Å². The van der Waals surface area contributed by atoms with Crippen molar-refractivity contribution in [2.75, 3.05) is 13.1 Å². The number of nitrogens with one attached hydrogen (secondary N) is 1. The van der Waals surface area contributed by atoms with Crippen molar-refractivity contribution in [2.24, 2.45) is 11.7 Å². The van der Waals surface area contributed by atoms with Gasteiger partial charge in [0.15, 0.2) is 0 Å². The van der Waals surface area contributed by atoms with Crippen LogP contribution in [0, 0.1) is 11.3 Å². The summed E-state index contributed by atoms with van der Waals surface area (Å²) in [6.07, 6.45) is 4.57. The maximum absolute atomic E-state index is 12.8. The number of nitrogen functional groups attached to an aromatic ring is 1. The van der Waals surface area contributed by atoms with Gasteiger partial charge in [-0.15, -0.1) is 0 Å². The van der Waals surface area contributed by atoms with Gasteiger partial charge in [-0.25, -0.2) is 4.98 Å². The van der Waals surface area contributed by atoms with Gasteiger partial charge in [-0.2, -0.15) is 0 Å². The molecular weight excluding hydrogens is 370 g/mol. The molecule has 1 aromatic carbocycles. The molecule has 1 aliphatic rings. The van der Waals surface area contributed by atoms with E-state index in [1.54, 1.807) is 35.4 Å². The van der Waals surface area contributed by atoms with E-state index in [2.05, 4.69) is 4.98 Å². The number of carboxylic acids is 1. The summed E-state index contributed by atoms with van der Waals surface area (Å²) in [6, 6.07) is 10.8. The zero-order chi connectivity index (χ0) is 20.5. The first-order valence-electron chi connectivity index (χ1n) is 9.38. The van der Waals surface area contributed by atoms with Crippen molar-refractivity contribution >= 4 is 23.4 Å². The lowest BCUT2D eigenvalue weighted by Crippen LogP contribution is -2.40. The largest absolute Gasteiger partial charge is 0.481 e. The fourth-order valence-corrected chi connectivity index (χ4v) is 3.59. The summed E-state index contributed by atoms with van der Waals surface area (Å²) in [7, 11) is 0. The van der Waals surface area contributed by atoms with Gasteiger partial charge < -0.3 is 20.1 Å². The summed E-state index contributed by atoms with van der Waals surface area (Å²) < 4.78 is 1.81. The molecule has 0 aliphatic carbocycles. The minimum Gasteiger partial charge on any atom is -0.481 e. The minimum atomic E-state index is -0.791. The lowest BCUT2D eigenvalue weighted by Gasteiger charge is -2.30. The van der Waals surface area contributed by atoms with Crippen LogP contribution in [0.3, 0.4) is 0 Å². The topological polar surface area (TPSA) is 125 Å². The molecule has 4 rings (SSSR count). The van der Waals surface area contributed by atoms with Gasteiger partial charge in [0.25, 0.3) is 5.91 Å². The molecule has 0 spiro atoms. The maximum Gasteiger partial charge on any atom is 0.306 e. The van der Waals surface area contributed by atoms with Crippen molar-refractivity contribution in [1.29, 1.82) is 5.41 Å². The maximum atomic E-state index is 12.8. The number of amidine groups is 1. The van der Waals surface area contributed by atoms with E-state index in [1.165, 1.54) is 0 Å². The quantitative estimate of drug-likeness (QED) is 0.465. The molecule has 1 fully saturated rings. The number of nitrogens with zero attached hydrogens (tertiary/aromatic N) is 3. The molecule has 1 aliphatic heterocycles. The van der Waals surface area contributed by atoms with Gasteiger partial charge >= 0.3 is 5.97 Å². The molecule has 148 valence electrons. The summed E-state index contributed by atoms with van der Waals surface area (Å²) in [5, 5.41) is 16.6. The molecule has 2 aromatic heterocycles. The van der Waals surface area contributed by atoms with Gasteiger partial charge in [-0.1, -0.05) is 24.3 Å². The first-order chi connectivity index (χ1) is 13.9. The van der Waals surface area contributed by atoms with Crippen LogP contribution in [-0.2, 0) is 4.79 Å². The van der Waals surface area contributed by atoms with Crippen molar-refractivity contribution in [3.8, 4) is 11.3 Å². The molecule has 29 heavy (non-hydrogen) atoms. The summed E-state index contributed by atoms with van der Waals surface area (Å²) in [5.41, 5.74) is 9.05. The summed E-state index contributed by atoms with van der Waals surface area (Å²) >= 11 is 0. The fraction of sp³-hybridized carbons (Fsp3) is 0.238. The second-order valence-corrected chi connectivity index (χ2v) is 7.21. The Balaban J connectivity index is 1.54. The third-order valence-electron chi connectivity index (χ3n) is 5.32. The molecule has 4 N–H and O–H groups in total. The zero-order valence-electron chi connectivity index (χ0n) is 15.7. The first-order valence-corrected chi connectivity index (χ1v) is 9.38. The van der Waals surface area contributed by atoms with E-state index in [4.69, 9.17) is 16.2 Å². The normalized spacial score (nSPS) is 14.8. The number of fused-ring (bicyclic) bond motifs is 1. The van der Waals surface area contributed by atoms with Crippen LogP contribution in [0.4, 0.5) is 0 Å². The molecule has 0 radical (unpaired) electrons. The van der Waals surface area contributed by atoms with E-state index >= 15 is 0 Å². The fourth-order valence-electron chi connectivity index (χ4n) is 3.59. The number of likely N-dealkylation sites (tertiary alicyclic amines) is 1. The highest BCUT2D eigenvalue weighted by molar-refractivity contribution is 5.95. The van der Waals surface area contributed by atoms with Crippen LogP contribution in [0.5, 0.6) is 0 Å². The molecule has 0 atom stereocenters. The summed E-state index contributed by atoms with van der Waals surface area (Å²) in [5.74, 6) is -1.24. The second kappa shape index (κ2) is 7.38. The number of benzene rings is 1. The Hall–Kier alpha value is -3.68. The first kappa shape index (κ1) is 18.7. The number of carbonyl (C=O) groups excluding carboxylic acids is 1. The number of carboxylic acid groups (broad SMARTS) is 1. The molecule has 8 heteroatoms. The number of aliphatic carboxylic acids is 1. The van der Waals surface area contributed by atoms with Crippen LogP contribution in [0.1, 0.15) is 28.8 Å². The number of imidazole rings is 1. The smallest absolute Gasteiger partial charge is 0.306 e. The number of aromatic nitrogens is 2. The van der Waals surface area contributed by atoms with Crippen LogP contribution in [-0.4, -0.2) is 50.2 Å². The van der Waals surface area contributed by atoms with Crippen LogP contribution < -0.4 is 5.73 Å². The van der Waals surface area contributed by atoms with E-state index < -0.39 is 5.97 Å². The predicted octanol–water partition coefficient (Wildman–Crippen LogP) is 2.22. The molecule has 0 saturated carbocycles. The Bertz CT molecular complexity index is 1100. The summed E-state index contributed by atoms with van der Waals surface area (Å²) in [6.45, 7) is 0.900. The van der Waals surface area contributed by atoms with E-state index in [0.717, 1.165) is 16.9 Å². The lowest BCUT2D eigenvalue weighted by molar-refractivity contribution is -0.143. The van der Waals surface area contributed by atoms with E-state index in [1.807, 2.05) is 22.7 Å². The molecular formula is C21H21N5O3. The number of carbonyl (C=O) groups is 2. The number of pyridine rings is 1. The Morgan fingerprint density at radius 2 is 1.69 bits per heavy atom. The molecule has 0 bridgehead atoms. The number of hydrogen-bond acceptors (Lipinski definition) is 4. The molecule has 8 nitrogen and oxygen atoms in total. The third-order valence-corrected chi connectivity index (χ3v) is 5.32. The van der Waals surface area contributed by atoms with Gasteiger partial charge in [0.1, 0.15) is 11.5 Å². The highest BCUT2D eigenvalue weighted by Gasteiger charge is 2.27. The molecule has 1 saturated heterocycles. The predicted molar refractivity (Wildman–Crippen MR) is 108 cm³/mol. The number of amides is 1. The minimum absolute atomic E-state index is 0.0158. The van der Waals surface area contributed by atoms with E-state index in [0.29, 0.717) is 37.1 Å². The van der Waals surface area contributed by atoms with E-state index in [-0.39, 0.29) is 17.7 Å². The average Bonchev–Trinajstić information content (AvgIpc) is 3.16. The lowest BCUT2D eigenvalue weighted by atomic mass is 9.97. The molecule has 3 heterocycles. The summed E-state index contributed by atoms with van der Waals surface area (Å²) in [4.78, 5) is 30.2. The van der Waals surface area contributed by atoms with Gasteiger partial charge in [-0.05, 0) is 25.0 Å². The van der Waals surface area contributed by atoms with E-state index in [9.17, 15) is 9.59 Å². The Morgan fingerprint density at radius 1 is 1.03 bits per heavy atom. The molecule has 1 amide bonds.